The first kappa shape index (κ1) is 27.9. The number of aliphatic imine (C=N–C) groups is 1. The summed E-state index contributed by atoms with van der Waals surface area (Å²) in [5.74, 6) is 5.50. The minimum atomic E-state index is -0.618. The second kappa shape index (κ2) is 12.0. The van der Waals surface area contributed by atoms with Crippen molar-refractivity contribution in [3.8, 4) is 0 Å². The molecule has 0 bridgehead atoms. The fourth-order valence-corrected chi connectivity index (χ4v) is 3.70. The van der Waals surface area contributed by atoms with E-state index >= 15 is 0 Å². The summed E-state index contributed by atoms with van der Waals surface area (Å²) < 4.78 is 5.40. The molecule has 2 aromatic rings. The molecule has 2 aromatic heterocycles. The maximum absolute atomic E-state index is 12.7. The number of Topliss-reactive ketones (excluding diaryl/α,β-unsaturated/α-hetero) is 1. The number of pyridine rings is 2. The summed E-state index contributed by atoms with van der Waals surface area (Å²) in [6.07, 6.45) is 6.46. The van der Waals surface area contributed by atoms with E-state index in [-0.39, 0.29) is 35.9 Å². The second-order valence-electron chi connectivity index (χ2n) is 10.2. The van der Waals surface area contributed by atoms with Gasteiger partial charge in [-0.25, -0.2) is 5.84 Å². The summed E-state index contributed by atoms with van der Waals surface area (Å²) in [5, 5.41) is 13.4. The molecule has 11 heteroatoms. The van der Waals surface area contributed by atoms with E-state index in [0.717, 1.165) is 31.7 Å². The van der Waals surface area contributed by atoms with E-state index in [9.17, 15) is 9.59 Å². The number of ketones is 1. The lowest BCUT2D eigenvalue weighted by atomic mass is 9.89. The van der Waals surface area contributed by atoms with E-state index in [1.54, 1.807) is 46.2 Å². The first-order valence-electron chi connectivity index (χ1n) is 12.2. The van der Waals surface area contributed by atoms with E-state index in [1.165, 1.54) is 11.2 Å². The summed E-state index contributed by atoms with van der Waals surface area (Å²) in [4.78, 5) is 37.3. The van der Waals surface area contributed by atoms with Gasteiger partial charge in [0.1, 0.15) is 11.6 Å². The molecule has 0 atom stereocenters. The third-order valence-electron chi connectivity index (χ3n) is 6.05. The summed E-state index contributed by atoms with van der Waals surface area (Å²) >= 11 is 0. The highest BCUT2D eigenvalue weighted by molar-refractivity contribution is 6.09. The molecule has 3 heterocycles. The number of ether oxygens (including phenoxy) is 1. The Balaban J connectivity index is 1.69. The first-order valence-corrected chi connectivity index (χ1v) is 12.2. The van der Waals surface area contributed by atoms with Gasteiger partial charge in [-0.1, -0.05) is 20.8 Å². The summed E-state index contributed by atoms with van der Waals surface area (Å²) in [5.41, 5.74) is 8.22. The summed E-state index contributed by atoms with van der Waals surface area (Å²) in [6, 6.07) is 3.74. The van der Waals surface area contributed by atoms with Crippen LogP contribution < -0.4 is 21.9 Å². The number of nitrogens with two attached hydrogens (primary N) is 2. The summed E-state index contributed by atoms with van der Waals surface area (Å²) in [6.45, 7) is 8.62. The molecule has 11 nitrogen and oxygen atoms in total. The molecule has 1 aliphatic heterocycles. The molecule has 0 aromatic carbocycles. The fraction of sp³-hybridized carbons (Fsp3) is 0.462. The predicted molar refractivity (Wildman–Crippen MR) is 144 cm³/mol. The van der Waals surface area contributed by atoms with Crippen LogP contribution in [0.25, 0.3) is 0 Å². The molecule has 198 valence electrons. The number of anilines is 2. The van der Waals surface area contributed by atoms with Gasteiger partial charge in [-0.05, 0) is 31.9 Å². The van der Waals surface area contributed by atoms with E-state index in [1.807, 2.05) is 6.07 Å². The van der Waals surface area contributed by atoms with Crippen LogP contribution in [0.1, 0.15) is 61.6 Å². The number of hydrogen-bond acceptors (Lipinski definition) is 9. The van der Waals surface area contributed by atoms with Crippen molar-refractivity contribution in [2.75, 3.05) is 30.1 Å². The average Bonchev–Trinajstić information content (AvgIpc) is 2.84. The highest BCUT2D eigenvalue weighted by atomic mass is 16.5. The van der Waals surface area contributed by atoms with Gasteiger partial charge in [0.05, 0.1) is 41.3 Å². The van der Waals surface area contributed by atoms with Gasteiger partial charge in [-0.2, -0.15) is 4.99 Å². The van der Waals surface area contributed by atoms with Crippen molar-refractivity contribution in [2.24, 2.45) is 22.0 Å². The smallest absolute Gasteiger partial charge is 0.280 e. The molecule has 1 aliphatic rings. The number of hydrazine groups is 1. The molecule has 1 saturated heterocycles. The Morgan fingerprint density at radius 3 is 2.57 bits per heavy atom. The number of nitrogens with zero attached hydrogens (tertiary/aromatic N) is 4. The summed E-state index contributed by atoms with van der Waals surface area (Å²) in [7, 11) is 0. The molecule has 1 amide bonds. The molecule has 0 aliphatic carbocycles. The van der Waals surface area contributed by atoms with Crippen LogP contribution in [0.4, 0.5) is 11.4 Å². The van der Waals surface area contributed by atoms with Crippen LogP contribution in [-0.2, 0) is 9.53 Å². The van der Waals surface area contributed by atoms with Crippen LogP contribution in [0.2, 0.25) is 0 Å². The van der Waals surface area contributed by atoms with Crippen molar-refractivity contribution in [1.82, 2.24) is 9.97 Å². The molecular formula is C26H36N8O3. The van der Waals surface area contributed by atoms with Crippen LogP contribution >= 0.6 is 0 Å². The Morgan fingerprint density at radius 2 is 1.89 bits per heavy atom. The topological polar surface area (TPSA) is 173 Å². The lowest BCUT2D eigenvalue weighted by Gasteiger charge is -2.24. The number of hydrogen-bond donors (Lipinski definition) is 4. The van der Waals surface area contributed by atoms with Gasteiger partial charge in [0.15, 0.2) is 0 Å². The van der Waals surface area contributed by atoms with Gasteiger partial charge in [-0.3, -0.25) is 19.6 Å². The lowest BCUT2D eigenvalue weighted by molar-refractivity contribution is -0.125. The Hall–Kier alpha value is -3.70. The Bertz CT molecular complexity index is 1180. The maximum Gasteiger partial charge on any atom is 0.280 e. The Kier molecular flexibility index (Phi) is 9.06. The zero-order valence-electron chi connectivity index (χ0n) is 21.9. The number of aryl methyl sites for hydroxylation is 1. The molecule has 1 fully saturated rings. The van der Waals surface area contributed by atoms with E-state index in [0.29, 0.717) is 23.0 Å². The van der Waals surface area contributed by atoms with Crippen molar-refractivity contribution in [3.05, 3.63) is 47.5 Å². The number of rotatable bonds is 9. The number of amidine groups is 1. The minimum Gasteiger partial charge on any atom is -0.387 e. The monoisotopic (exact) mass is 508 g/mol. The lowest BCUT2D eigenvalue weighted by Crippen LogP contribution is -2.37. The molecular weight excluding hydrogens is 472 g/mol. The van der Waals surface area contributed by atoms with E-state index in [4.69, 9.17) is 21.7 Å². The van der Waals surface area contributed by atoms with Crippen molar-refractivity contribution >= 4 is 34.6 Å². The second-order valence-corrected chi connectivity index (χ2v) is 10.2. The molecule has 0 unspecified atom stereocenters. The van der Waals surface area contributed by atoms with Crippen LogP contribution in [0, 0.1) is 17.7 Å². The third-order valence-corrected chi connectivity index (χ3v) is 6.05. The highest BCUT2D eigenvalue weighted by Gasteiger charge is 2.22. The molecule has 0 spiro atoms. The largest absolute Gasteiger partial charge is 0.387 e. The molecule has 0 radical (unpaired) electrons. The van der Waals surface area contributed by atoms with Gasteiger partial charge in [-0.15, -0.1) is 0 Å². The predicted octanol–water partition coefficient (Wildman–Crippen LogP) is 2.63. The normalized spacial score (nSPS) is 14.8. The van der Waals surface area contributed by atoms with Gasteiger partial charge in [0.2, 0.25) is 0 Å². The number of amides is 1. The number of nitrogens with one attached hydrogen (secondary N) is 2. The molecule has 3 rings (SSSR count). The highest BCUT2D eigenvalue weighted by Crippen LogP contribution is 2.20. The van der Waals surface area contributed by atoms with Gasteiger partial charge in [0, 0.05) is 48.8 Å². The average molecular weight is 509 g/mol. The van der Waals surface area contributed by atoms with Crippen molar-refractivity contribution in [2.45, 2.75) is 53.0 Å². The molecule has 6 N–H and O–H groups in total. The van der Waals surface area contributed by atoms with Crippen molar-refractivity contribution in [1.29, 1.82) is 5.41 Å². The minimum absolute atomic E-state index is 0.0554. The zero-order chi connectivity index (χ0) is 27.2. The van der Waals surface area contributed by atoms with Gasteiger partial charge < -0.3 is 26.2 Å². The maximum atomic E-state index is 12.7. The van der Waals surface area contributed by atoms with E-state index in [2.05, 4.69) is 20.3 Å². The van der Waals surface area contributed by atoms with Crippen LogP contribution in [-0.4, -0.2) is 59.0 Å². The number of carbonyl (C=O) groups excluding carboxylic acids is 2. The quantitative estimate of drug-likeness (QED) is 0.172. The zero-order valence-corrected chi connectivity index (χ0v) is 21.9. The van der Waals surface area contributed by atoms with E-state index < -0.39 is 11.3 Å². The standard InChI is InChI=1S/C26H36N8O3/c1-16-22(10-18(13-31-16)25(36)33-24(28)11-23(35)26(2,3)4)34(29)15-21(27)17-9-20(14-30-12-17)32-19-5-7-37-8-6-19/h9-10,12-14,19,27,32H,5-8,11,15,29H2,1-4H3,(H2,28,33,36). The van der Waals surface area contributed by atoms with Crippen molar-refractivity contribution < 1.29 is 14.3 Å². The Labute approximate surface area is 217 Å². The first-order chi connectivity index (χ1) is 17.4. The fourth-order valence-electron chi connectivity index (χ4n) is 3.70. The number of aromatic nitrogens is 2. The van der Waals surface area contributed by atoms with Crippen LogP contribution in [0.15, 0.2) is 35.7 Å². The SMILES string of the molecule is Cc1ncc(C(=O)N=C(N)CC(=O)C(C)(C)C)cc1N(N)CC(=N)c1cncc(NC2CCOCC2)c1. The van der Waals surface area contributed by atoms with Crippen LogP contribution in [0.5, 0.6) is 0 Å². The van der Waals surface area contributed by atoms with Gasteiger partial charge in [0.25, 0.3) is 5.91 Å². The Morgan fingerprint density at radius 1 is 1.19 bits per heavy atom. The van der Waals surface area contributed by atoms with Crippen molar-refractivity contribution in [3.63, 3.8) is 0 Å². The molecule has 37 heavy (non-hydrogen) atoms. The number of carbonyl (C=O) groups is 2. The molecule has 0 saturated carbocycles. The van der Waals surface area contributed by atoms with Crippen LogP contribution in [0.3, 0.4) is 0 Å². The third kappa shape index (κ3) is 7.89. The van der Waals surface area contributed by atoms with Gasteiger partial charge >= 0.3 is 0 Å².